The monoisotopic (exact) mass is 351 g/mol. The van der Waals surface area contributed by atoms with Crippen LogP contribution >= 0.6 is 0 Å². The van der Waals surface area contributed by atoms with Crippen molar-refractivity contribution in [3.8, 4) is 5.75 Å². The highest BCUT2D eigenvalue weighted by Gasteiger charge is 2.44. The summed E-state index contributed by atoms with van der Waals surface area (Å²) in [6.45, 7) is 0. The summed E-state index contributed by atoms with van der Waals surface area (Å²) in [4.78, 5) is 22.8. The van der Waals surface area contributed by atoms with E-state index in [2.05, 4.69) is 19.5 Å². The molecule has 24 heavy (non-hydrogen) atoms. The van der Waals surface area contributed by atoms with Crippen LogP contribution in [0, 0.1) is 0 Å². The Kier molecular flexibility index (Phi) is 6.57. The first kappa shape index (κ1) is 19.3. The first-order valence-corrected chi connectivity index (χ1v) is 6.30. The van der Waals surface area contributed by atoms with E-state index in [1.165, 1.54) is 18.2 Å². The molecule has 1 N–H and O–H groups in total. The fourth-order valence-corrected chi connectivity index (χ4v) is 1.43. The average Bonchev–Trinajstić information content (AvgIpc) is 2.54. The molecule has 0 saturated heterocycles. The number of carbonyl (C=O) groups is 2. The second-order valence-corrected chi connectivity index (χ2v) is 4.16. The highest BCUT2D eigenvalue weighted by Crippen LogP contribution is 2.33. The van der Waals surface area contributed by atoms with Gasteiger partial charge in [0.25, 0.3) is 0 Å². The molecule has 0 aliphatic heterocycles. The maximum Gasteiger partial charge on any atom is 0.461 e. The van der Waals surface area contributed by atoms with Crippen LogP contribution in [-0.4, -0.2) is 38.7 Å². The zero-order valence-corrected chi connectivity index (χ0v) is 12.5. The summed E-state index contributed by atoms with van der Waals surface area (Å²) < 4.78 is 63.4. The first-order chi connectivity index (χ1) is 11.2. The molecule has 0 aliphatic rings. The molecule has 0 amide bonds. The van der Waals surface area contributed by atoms with Crippen LogP contribution in [0.2, 0.25) is 0 Å². The molecule has 0 heterocycles. The number of ether oxygens (including phenoxy) is 3. The number of hydrogen-bond acceptors (Lipinski definition) is 6. The number of anilines is 1. The van der Waals surface area contributed by atoms with Gasteiger partial charge in [0, 0.05) is 0 Å². The lowest BCUT2D eigenvalue weighted by Crippen LogP contribution is -2.33. The molecule has 6 nitrogen and oxygen atoms in total. The van der Waals surface area contributed by atoms with Crippen LogP contribution in [0.5, 0.6) is 5.75 Å². The maximum atomic E-state index is 13.1. The number of halogens is 4. The Morgan fingerprint density at radius 1 is 1.17 bits per heavy atom. The van der Waals surface area contributed by atoms with Crippen LogP contribution in [0.25, 0.3) is 0 Å². The van der Waals surface area contributed by atoms with E-state index >= 15 is 0 Å². The number of carbonyl (C=O) groups excluding carboxylic acids is 2. The molecule has 0 fully saturated rings. The fraction of sp³-hybridized carbons (Fsp3) is 0.286. The van der Waals surface area contributed by atoms with Crippen molar-refractivity contribution in [2.75, 3.05) is 19.5 Å². The van der Waals surface area contributed by atoms with E-state index in [1.54, 1.807) is 0 Å². The number of rotatable bonds is 7. The molecule has 0 bridgehead atoms. The van der Waals surface area contributed by atoms with Crippen LogP contribution in [-0.2, 0) is 19.1 Å². The Morgan fingerprint density at radius 2 is 1.79 bits per heavy atom. The Morgan fingerprint density at radius 3 is 2.33 bits per heavy atom. The number of hydrogen-bond donors (Lipinski definition) is 1. The van der Waals surface area contributed by atoms with Crippen LogP contribution in [0.3, 0.4) is 0 Å². The van der Waals surface area contributed by atoms with E-state index < -0.39 is 35.9 Å². The summed E-state index contributed by atoms with van der Waals surface area (Å²) in [5.74, 6) is -2.61. The molecular weight excluding hydrogens is 338 g/mol. The van der Waals surface area contributed by atoms with E-state index in [-0.39, 0.29) is 5.69 Å². The lowest BCUT2D eigenvalue weighted by Gasteiger charge is -2.19. The van der Waals surface area contributed by atoms with Crippen molar-refractivity contribution in [1.82, 2.24) is 0 Å². The number of alkyl halides is 4. The molecule has 0 atom stereocenters. The third-order valence-electron chi connectivity index (χ3n) is 2.53. The standard InChI is InChI=1S/C14H13F4NO5/c1-22-11(20)7-9(12(21)23-2)19-8-5-3-4-6-10(8)24-14(17,18)13(15)16/h3-7,13,19H,1-2H3/b9-7+. The predicted molar refractivity (Wildman–Crippen MR) is 73.8 cm³/mol. The summed E-state index contributed by atoms with van der Waals surface area (Å²) in [6.07, 6.45) is -8.10. The Bertz CT molecular complexity index is 633. The zero-order chi connectivity index (χ0) is 18.3. The molecular formula is C14H13F4NO5. The van der Waals surface area contributed by atoms with Gasteiger partial charge in [-0.3, -0.25) is 0 Å². The second kappa shape index (κ2) is 8.18. The van der Waals surface area contributed by atoms with Gasteiger partial charge in [-0.1, -0.05) is 12.1 Å². The summed E-state index contributed by atoms with van der Waals surface area (Å²) >= 11 is 0. The number of benzene rings is 1. The molecule has 0 aliphatic carbocycles. The number of nitrogens with one attached hydrogen (secondary N) is 1. The third-order valence-corrected chi connectivity index (χ3v) is 2.53. The van der Waals surface area contributed by atoms with Gasteiger partial charge in [0.2, 0.25) is 0 Å². The Balaban J connectivity index is 3.15. The van der Waals surface area contributed by atoms with Crippen LogP contribution < -0.4 is 10.1 Å². The van der Waals surface area contributed by atoms with Gasteiger partial charge >= 0.3 is 24.5 Å². The topological polar surface area (TPSA) is 73.9 Å². The van der Waals surface area contributed by atoms with Crippen molar-refractivity contribution in [1.29, 1.82) is 0 Å². The van der Waals surface area contributed by atoms with Crippen molar-refractivity contribution in [3.05, 3.63) is 36.0 Å². The lowest BCUT2D eigenvalue weighted by molar-refractivity contribution is -0.252. The molecule has 10 heteroatoms. The molecule has 0 unspecified atom stereocenters. The zero-order valence-electron chi connectivity index (χ0n) is 12.5. The van der Waals surface area contributed by atoms with Crippen molar-refractivity contribution >= 4 is 17.6 Å². The van der Waals surface area contributed by atoms with E-state index in [0.29, 0.717) is 6.08 Å². The number of esters is 2. The molecule has 1 aromatic carbocycles. The van der Waals surface area contributed by atoms with Crippen molar-refractivity contribution in [2.24, 2.45) is 0 Å². The third kappa shape index (κ3) is 5.14. The van der Waals surface area contributed by atoms with Crippen LogP contribution in [0.4, 0.5) is 23.2 Å². The summed E-state index contributed by atoms with van der Waals surface area (Å²) in [5.41, 5.74) is -0.737. The number of para-hydroxylation sites is 2. The number of methoxy groups -OCH3 is 2. The summed E-state index contributed by atoms with van der Waals surface area (Å²) in [5, 5.41) is 2.31. The molecule has 0 radical (unpaired) electrons. The average molecular weight is 351 g/mol. The van der Waals surface area contributed by atoms with E-state index in [9.17, 15) is 27.2 Å². The van der Waals surface area contributed by atoms with Gasteiger partial charge in [-0.2, -0.15) is 17.6 Å². The van der Waals surface area contributed by atoms with Gasteiger partial charge in [0.15, 0.2) is 0 Å². The normalized spacial score (nSPS) is 11.9. The summed E-state index contributed by atoms with van der Waals surface area (Å²) in [7, 11) is 2.07. The van der Waals surface area contributed by atoms with Crippen molar-refractivity contribution in [3.63, 3.8) is 0 Å². The predicted octanol–water partition coefficient (Wildman–Crippen LogP) is 2.57. The van der Waals surface area contributed by atoms with E-state index in [1.807, 2.05) is 0 Å². The highest BCUT2D eigenvalue weighted by atomic mass is 19.3. The smallest absolute Gasteiger partial charge is 0.461 e. The molecule has 0 saturated carbocycles. The highest BCUT2D eigenvalue weighted by molar-refractivity contribution is 5.99. The van der Waals surface area contributed by atoms with Gasteiger partial charge < -0.3 is 19.5 Å². The minimum Gasteiger partial charge on any atom is -0.466 e. The van der Waals surface area contributed by atoms with E-state index in [0.717, 1.165) is 20.3 Å². The minimum atomic E-state index is -4.74. The lowest BCUT2D eigenvalue weighted by atomic mass is 10.2. The van der Waals surface area contributed by atoms with Crippen LogP contribution in [0.1, 0.15) is 0 Å². The Labute approximate surface area is 134 Å². The first-order valence-electron chi connectivity index (χ1n) is 6.30. The van der Waals surface area contributed by atoms with Crippen molar-refractivity contribution in [2.45, 2.75) is 12.5 Å². The maximum absolute atomic E-state index is 13.1. The van der Waals surface area contributed by atoms with E-state index in [4.69, 9.17) is 0 Å². The second-order valence-electron chi connectivity index (χ2n) is 4.16. The van der Waals surface area contributed by atoms with Gasteiger partial charge in [-0.15, -0.1) is 0 Å². The van der Waals surface area contributed by atoms with Gasteiger partial charge in [-0.05, 0) is 12.1 Å². The fourth-order valence-electron chi connectivity index (χ4n) is 1.43. The van der Waals surface area contributed by atoms with Crippen molar-refractivity contribution < 1.29 is 41.4 Å². The quantitative estimate of drug-likeness (QED) is 0.462. The minimum absolute atomic E-state index is 0.265. The molecule has 1 aromatic rings. The molecule has 0 spiro atoms. The molecule has 132 valence electrons. The van der Waals surface area contributed by atoms with Gasteiger partial charge in [0.1, 0.15) is 11.4 Å². The summed E-state index contributed by atoms with van der Waals surface area (Å²) in [6, 6.07) is 4.77. The largest absolute Gasteiger partial charge is 0.466 e. The van der Waals surface area contributed by atoms with Crippen LogP contribution in [0.15, 0.2) is 36.0 Å². The Hall–Kier alpha value is -2.78. The molecule has 1 rings (SSSR count). The van der Waals surface area contributed by atoms with Gasteiger partial charge in [0.05, 0.1) is 26.0 Å². The molecule has 0 aromatic heterocycles. The SMILES string of the molecule is COC(=O)/C=C(/Nc1ccccc1OC(F)(F)C(F)F)C(=O)OC. The van der Waals surface area contributed by atoms with Gasteiger partial charge in [-0.25, -0.2) is 9.59 Å².